The van der Waals surface area contributed by atoms with E-state index in [2.05, 4.69) is 20.8 Å². The molecule has 27 heavy (non-hydrogen) atoms. The fraction of sp³-hybridized carbons (Fsp3) is 1.00. The summed E-state index contributed by atoms with van der Waals surface area (Å²) in [5.41, 5.74) is 0.998. The fourth-order valence-corrected chi connectivity index (χ4v) is 9.51. The van der Waals surface area contributed by atoms with Crippen LogP contribution in [0.4, 0.5) is 0 Å². The van der Waals surface area contributed by atoms with E-state index in [0.29, 0.717) is 17.0 Å². The Balaban J connectivity index is 1.68. The van der Waals surface area contributed by atoms with E-state index >= 15 is 0 Å². The summed E-state index contributed by atoms with van der Waals surface area (Å²) in [6.45, 7) is 15.4. The summed E-state index contributed by atoms with van der Waals surface area (Å²) in [5.74, 6) is 3.50. The molecule has 0 saturated heterocycles. The summed E-state index contributed by atoms with van der Waals surface area (Å²) in [6, 6.07) is 0. The molecule has 3 aliphatic rings. The second kappa shape index (κ2) is 7.77. The van der Waals surface area contributed by atoms with Crippen molar-refractivity contribution in [3.05, 3.63) is 0 Å². The quantitative estimate of drug-likeness (QED) is 0.402. The van der Waals surface area contributed by atoms with E-state index in [1.807, 2.05) is 27.7 Å². The Hall–Kier alpha value is 0.150. The van der Waals surface area contributed by atoms with Crippen LogP contribution in [0, 0.1) is 34.5 Å². The van der Waals surface area contributed by atoms with E-state index in [0.717, 1.165) is 30.1 Å². The van der Waals surface area contributed by atoms with Crippen LogP contribution in [0.2, 0.25) is 0 Å². The van der Waals surface area contributed by atoms with Gasteiger partial charge >= 0.3 is 7.60 Å². The SMILES string of the molecule is CC(C)OP(=O)(CCC[C@H]1[C@H]2CC[C@@H]3[C@@H]2C(C)(C)CCC[C@@]31C)OC(C)C. The van der Waals surface area contributed by atoms with Crippen LogP contribution in [0.25, 0.3) is 0 Å². The van der Waals surface area contributed by atoms with E-state index in [4.69, 9.17) is 9.05 Å². The maximum absolute atomic E-state index is 13.2. The van der Waals surface area contributed by atoms with Gasteiger partial charge < -0.3 is 9.05 Å². The van der Waals surface area contributed by atoms with E-state index in [-0.39, 0.29) is 12.2 Å². The van der Waals surface area contributed by atoms with Crippen LogP contribution in [0.3, 0.4) is 0 Å². The first-order chi connectivity index (χ1) is 12.5. The highest BCUT2D eigenvalue weighted by molar-refractivity contribution is 7.53. The second-order valence-corrected chi connectivity index (χ2v) is 13.2. The van der Waals surface area contributed by atoms with Crippen LogP contribution >= 0.6 is 7.60 Å². The third kappa shape index (κ3) is 4.22. The number of hydrogen-bond acceptors (Lipinski definition) is 3. The molecule has 4 heteroatoms. The Kier molecular flexibility index (Phi) is 6.28. The van der Waals surface area contributed by atoms with Crippen LogP contribution in [0.5, 0.6) is 0 Å². The number of rotatable bonds is 8. The zero-order chi connectivity index (χ0) is 20.0. The van der Waals surface area contributed by atoms with Gasteiger partial charge in [0.1, 0.15) is 0 Å². The van der Waals surface area contributed by atoms with Crippen LogP contribution in [0.1, 0.15) is 93.4 Å². The monoisotopic (exact) mass is 398 g/mol. The molecule has 3 aliphatic carbocycles. The molecule has 0 aliphatic heterocycles. The van der Waals surface area contributed by atoms with Gasteiger partial charge in [-0.1, -0.05) is 27.2 Å². The van der Waals surface area contributed by atoms with Crippen LogP contribution in [-0.2, 0) is 13.6 Å². The molecule has 3 rings (SSSR count). The predicted molar refractivity (Wildman–Crippen MR) is 113 cm³/mol. The van der Waals surface area contributed by atoms with Gasteiger partial charge in [-0.05, 0) is 101 Å². The summed E-state index contributed by atoms with van der Waals surface area (Å²) in [7, 11) is -2.99. The van der Waals surface area contributed by atoms with Gasteiger partial charge in [0, 0.05) is 0 Å². The standard InChI is InChI=1S/C23H43O3P/c1-16(2)25-27(24,26-17(3)4)15-8-10-19-18-11-12-20-21(18)22(5,6)13-9-14-23(19,20)7/h16-21H,8-15H2,1-7H3/t18-,19+,20-,21-,23-/m1/s1. The average Bonchev–Trinajstić information content (AvgIpc) is 2.99. The van der Waals surface area contributed by atoms with Crippen molar-refractivity contribution in [2.24, 2.45) is 34.5 Å². The zero-order valence-corrected chi connectivity index (χ0v) is 19.7. The third-order valence-corrected chi connectivity index (χ3v) is 10.4. The van der Waals surface area contributed by atoms with Crippen molar-refractivity contribution >= 4 is 7.60 Å². The molecule has 4 bridgehead atoms. The summed E-state index contributed by atoms with van der Waals surface area (Å²) >= 11 is 0. The first kappa shape index (κ1) is 21.8. The van der Waals surface area contributed by atoms with Gasteiger partial charge in [0.15, 0.2) is 0 Å². The molecule has 3 saturated carbocycles. The van der Waals surface area contributed by atoms with Gasteiger partial charge in [-0.2, -0.15) is 0 Å². The molecular formula is C23H43O3P. The van der Waals surface area contributed by atoms with Crippen molar-refractivity contribution < 1.29 is 13.6 Å². The summed E-state index contributed by atoms with van der Waals surface area (Å²) < 4.78 is 24.7. The van der Waals surface area contributed by atoms with Gasteiger partial charge in [0.25, 0.3) is 0 Å². The molecule has 0 unspecified atom stereocenters. The summed E-state index contributed by atoms with van der Waals surface area (Å²) in [5, 5.41) is 0. The minimum Gasteiger partial charge on any atom is -0.306 e. The molecule has 0 aromatic heterocycles. The first-order valence-corrected chi connectivity index (χ1v) is 13.2. The molecule has 0 N–H and O–H groups in total. The fourth-order valence-electron chi connectivity index (χ4n) is 7.39. The second-order valence-electron chi connectivity index (χ2n) is 11.1. The Morgan fingerprint density at radius 1 is 1.00 bits per heavy atom. The lowest BCUT2D eigenvalue weighted by Gasteiger charge is -2.42. The highest BCUT2D eigenvalue weighted by atomic mass is 31.2. The van der Waals surface area contributed by atoms with E-state index in [9.17, 15) is 4.57 Å². The van der Waals surface area contributed by atoms with Gasteiger partial charge in [0.2, 0.25) is 0 Å². The highest BCUT2D eigenvalue weighted by Gasteiger charge is 2.64. The van der Waals surface area contributed by atoms with Crippen molar-refractivity contribution in [2.75, 3.05) is 6.16 Å². The zero-order valence-electron chi connectivity index (χ0n) is 18.8. The molecule has 0 amide bonds. The molecule has 3 nitrogen and oxygen atoms in total. The van der Waals surface area contributed by atoms with Crippen molar-refractivity contribution in [2.45, 2.75) is 106 Å². The van der Waals surface area contributed by atoms with Gasteiger partial charge in [-0.25, -0.2) is 0 Å². The first-order valence-electron chi connectivity index (χ1n) is 11.4. The van der Waals surface area contributed by atoms with Crippen molar-refractivity contribution in [3.63, 3.8) is 0 Å². The molecular weight excluding hydrogens is 355 g/mol. The largest absolute Gasteiger partial charge is 0.331 e. The molecule has 0 spiro atoms. The Morgan fingerprint density at radius 3 is 2.22 bits per heavy atom. The maximum Gasteiger partial charge on any atom is 0.331 e. The Morgan fingerprint density at radius 2 is 1.63 bits per heavy atom. The molecule has 158 valence electrons. The minimum atomic E-state index is -2.99. The lowest BCUT2D eigenvalue weighted by atomic mass is 9.63. The van der Waals surface area contributed by atoms with Gasteiger partial charge in [-0.15, -0.1) is 0 Å². The van der Waals surface area contributed by atoms with Crippen molar-refractivity contribution in [1.82, 2.24) is 0 Å². The third-order valence-electron chi connectivity index (χ3n) is 8.05. The Labute approximate surface area is 167 Å². The molecule has 5 atom stereocenters. The van der Waals surface area contributed by atoms with E-state index in [1.54, 1.807) is 0 Å². The average molecular weight is 399 g/mol. The summed E-state index contributed by atoms with van der Waals surface area (Å²) in [6.07, 6.45) is 9.64. The Bertz CT molecular complexity index is 556. The van der Waals surface area contributed by atoms with Crippen LogP contribution < -0.4 is 0 Å². The number of hydrogen-bond donors (Lipinski definition) is 0. The van der Waals surface area contributed by atoms with Crippen molar-refractivity contribution in [1.29, 1.82) is 0 Å². The molecule has 0 aromatic carbocycles. The van der Waals surface area contributed by atoms with E-state index in [1.165, 1.54) is 38.5 Å². The minimum absolute atomic E-state index is 0.0573. The van der Waals surface area contributed by atoms with Gasteiger partial charge in [-0.3, -0.25) is 4.57 Å². The lowest BCUT2D eigenvalue weighted by molar-refractivity contribution is 0.0774. The van der Waals surface area contributed by atoms with Gasteiger partial charge in [0.05, 0.1) is 18.4 Å². The molecule has 0 radical (unpaired) electrons. The van der Waals surface area contributed by atoms with E-state index < -0.39 is 7.60 Å². The molecule has 0 heterocycles. The topological polar surface area (TPSA) is 35.5 Å². The lowest BCUT2D eigenvalue weighted by Crippen LogP contribution is -2.33. The van der Waals surface area contributed by atoms with Crippen molar-refractivity contribution in [3.8, 4) is 0 Å². The molecule has 0 aromatic rings. The van der Waals surface area contributed by atoms with Crippen LogP contribution in [-0.4, -0.2) is 18.4 Å². The predicted octanol–water partition coefficient (Wildman–Crippen LogP) is 7.30. The normalized spacial score (nSPS) is 38.0. The molecule has 3 fully saturated rings. The maximum atomic E-state index is 13.2. The van der Waals surface area contributed by atoms with Crippen LogP contribution in [0.15, 0.2) is 0 Å². The smallest absolute Gasteiger partial charge is 0.306 e. The highest BCUT2D eigenvalue weighted by Crippen LogP contribution is 2.71. The summed E-state index contributed by atoms with van der Waals surface area (Å²) in [4.78, 5) is 0.